The molecule has 7 nitrogen and oxygen atoms in total. The Kier molecular flexibility index (Phi) is 7.54. The molecule has 182 valence electrons. The molecule has 1 aliphatic rings. The third-order valence-corrected chi connectivity index (χ3v) is 6.03. The number of hydrogen-bond donors (Lipinski definition) is 3. The van der Waals surface area contributed by atoms with Crippen LogP contribution in [0.15, 0.2) is 48.5 Å². The molecule has 2 aromatic carbocycles. The number of alkyl carbamates (subject to hydrolysis) is 1. The lowest BCUT2D eigenvalue weighted by Gasteiger charge is -2.26. The van der Waals surface area contributed by atoms with Crippen LogP contribution in [0.4, 0.5) is 13.6 Å². The maximum Gasteiger partial charge on any atom is 0.407 e. The summed E-state index contributed by atoms with van der Waals surface area (Å²) in [7, 11) is 0. The van der Waals surface area contributed by atoms with E-state index in [-0.39, 0.29) is 18.4 Å². The molecule has 9 heteroatoms. The molecule has 0 radical (unpaired) electrons. The van der Waals surface area contributed by atoms with Crippen molar-refractivity contribution < 1.29 is 33.0 Å². The summed E-state index contributed by atoms with van der Waals surface area (Å²) in [6.45, 7) is 3.27. The number of rotatable bonds is 9. The molecule has 0 saturated heterocycles. The highest BCUT2D eigenvalue weighted by Gasteiger charge is 2.42. The molecule has 3 N–H and O–H groups in total. The molecule has 0 aliphatic heterocycles. The van der Waals surface area contributed by atoms with Crippen molar-refractivity contribution in [1.82, 2.24) is 10.6 Å². The molecule has 0 saturated carbocycles. The molecule has 0 aromatic heterocycles. The summed E-state index contributed by atoms with van der Waals surface area (Å²) in [4.78, 5) is 35.5. The summed E-state index contributed by atoms with van der Waals surface area (Å²) in [6.07, 6.45) is -1.08. The second-order valence-electron chi connectivity index (χ2n) is 8.75. The molecule has 34 heavy (non-hydrogen) atoms. The number of nitrogens with one attached hydrogen (secondary N) is 2. The van der Waals surface area contributed by atoms with E-state index in [1.54, 1.807) is 13.8 Å². The van der Waals surface area contributed by atoms with Crippen molar-refractivity contribution in [2.75, 3.05) is 13.2 Å². The lowest BCUT2D eigenvalue weighted by atomic mass is 9.89. The first-order chi connectivity index (χ1) is 16.0. The smallest absolute Gasteiger partial charge is 0.407 e. The standard InChI is InChI=1S/C25H28F2N2O5/c1-14(2)21(22(30)31)15(3)29-23(32)25(26,27)13-28-24(33)34-12-20-18-10-6-4-8-16(18)17-9-5-7-11-19(17)20/h4-11,14-15,20-21H,12-13H2,1-3H3,(H,28,33)(H,29,32)(H,30,31). The van der Waals surface area contributed by atoms with Crippen LogP contribution in [0.5, 0.6) is 0 Å². The molecular weight excluding hydrogens is 446 g/mol. The fraction of sp³-hybridized carbons (Fsp3) is 0.400. The molecule has 0 bridgehead atoms. The molecule has 2 unspecified atom stereocenters. The van der Waals surface area contributed by atoms with Gasteiger partial charge in [-0.25, -0.2) is 4.79 Å². The van der Waals surface area contributed by atoms with Crippen LogP contribution in [-0.2, 0) is 14.3 Å². The number of halogens is 2. The molecule has 0 fully saturated rings. The van der Waals surface area contributed by atoms with Crippen LogP contribution in [0.1, 0.15) is 37.8 Å². The van der Waals surface area contributed by atoms with E-state index in [9.17, 15) is 28.3 Å². The highest BCUT2D eigenvalue weighted by atomic mass is 19.3. The first-order valence-electron chi connectivity index (χ1n) is 11.0. The second-order valence-corrected chi connectivity index (χ2v) is 8.75. The van der Waals surface area contributed by atoms with E-state index >= 15 is 0 Å². The van der Waals surface area contributed by atoms with E-state index < -0.39 is 42.4 Å². The zero-order valence-electron chi connectivity index (χ0n) is 19.2. The predicted octanol–water partition coefficient (Wildman–Crippen LogP) is 4.02. The average Bonchev–Trinajstić information content (AvgIpc) is 3.09. The minimum atomic E-state index is -3.94. The zero-order valence-corrected chi connectivity index (χ0v) is 19.2. The Morgan fingerprint density at radius 1 is 1.00 bits per heavy atom. The number of benzene rings is 2. The van der Waals surface area contributed by atoms with Crippen molar-refractivity contribution in [2.24, 2.45) is 11.8 Å². The van der Waals surface area contributed by atoms with Gasteiger partial charge in [-0.2, -0.15) is 8.78 Å². The molecule has 1 aliphatic carbocycles. The maximum absolute atomic E-state index is 14.3. The third kappa shape index (κ3) is 5.35. The van der Waals surface area contributed by atoms with Gasteiger partial charge in [0.2, 0.25) is 0 Å². The van der Waals surface area contributed by atoms with Gasteiger partial charge in [0.1, 0.15) is 6.61 Å². The Balaban J connectivity index is 1.56. The lowest BCUT2D eigenvalue weighted by Crippen LogP contribution is -2.53. The van der Waals surface area contributed by atoms with Gasteiger partial charge in [0, 0.05) is 12.0 Å². The second kappa shape index (κ2) is 10.2. The summed E-state index contributed by atoms with van der Waals surface area (Å²) < 4.78 is 33.8. The van der Waals surface area contributed by atoms with Crippen LogP contribution in [0, 0.1) is 11.8 Å². The number of carboxylic acids is 1. The van der Waals surface area contributed by atoms with Gasteiger partial charge in [-0.05, 0) is 35.1 Å². The number of carbonyl (C=O) groups excluding carboxylic acids is 2. The molecule has 3 rings (SSSR count). The van der Waals surface area contributed by atoms with Crippen molar-refractivity contribution >= 4 is 18.0 Å². The Hall–Kier alpha value is -3.49. The van der Waals surface area contributed by atoms with Crippen LogP contribution in [0.3, 0.4) is 0 Å². The predicted molar refractivity (Wildman–Crippen MR) is 122 cm³/mol. The summed E-state index contributed by atoms with van der Waals surface area (Å²) in [5.41, 5.74) is 4.03. The molecule has 2 amide bonds. The van der Waals surface area contributed by atoms with E-state index in [4.69, 9.17) is 4.74 Å². The van der Waals surface area contributed by atoms with Crippen molar-refractivity contribution in [2.45, 2.75) is 38.7 Å². The zero-order chi connectivity index (χ0) is 25.0. The highest BCUT2D eigenvalue weighted by molar-refractivity contribution is 5.85. The summed E-state index contributed by atoms with van der Waals surface area (Å²) in [6, 6.07) is 14.4. The van der Waals surface area contributed by atoms with Crippen molar-refractivity contribution in [3.8, 4) is 11.1 Å². The van der Waals surface area contributed by atoms with Crippen LogP contribution >= 0.6 is 0 Å². The minimum Gasteiger partial charge on any atom is -0.481 e. The van der Waals surface area contributed by atoms with Crippen molar-refractivity contribution in [3.63, 3.8) is 0 Å². The number of amides is 2. The van der Waals surface area contributed by atoms with Crippen LogP contribution < -0.4 is 10.6 Å². The van der Waals surface area contributed by atoms with E-state index in [1.165, 1.54) is 6.92 Å². The minimum absolute atomic E-state index is 0.0522. The quantitative estimate of drug-likeness (QED) is 0.509. The van der Waals surface area contributed by atoms with Gasteiger partial charge < -0.3 is 20.5 Å². The Labute approximate surface area is 196 Å². The average molecular weight is 475 g/mol. The summed E-state index contributed by atoms with van der Waals surface area (Å²) in [5, 5.41) is 13.2. The number of aliphatic carboxylic acids is 1. The van der Waals surface area contributed by atoms with E-state index in [0.29, 0.717) is 0 Å². The Morgan fingerprint density at radius 3 is 2.03 bits per heavy atom. The van der Waals surface area contributed by atoms with Crippen molar-refractivity contribution in [3.05, 3.63) is 59.7 Å². The summed E-state index contributed by atoms with van der Waals surface area (Å²) >= 11 is 0. The van der Waals surface area contributed by atoms with Crippen LogP contribution in [-0.4, -0.2) is 48.2 Å². The fourth-order valence-corrected chi connectivity index (χ4v) is 4.39. The van der Waals surface area contributed by atoms with Gasteiger partial charge in [-0.1, -0.05) is 62.4 Å². The first-order valence-corrected chi connectivity index (χ1v) is 11.0. The number of carboxylic acid groups (broad SMARTS) is 1. The highest BCUT2D eigenvalue weighted by Crippen LogP contribution is 2.44. The van der Waals surface area contributed by atoms with Crippen molar-refractivity contribution in [1.29, 1.82) is 0 Å². The Morgan fingerprint density at radius 2 is 1.53 bits per heavy atom. The van der Waals surface area contributed by atoms with Gasteiger partial charge in [0.05, 0.1) is 12.5 Å². The number of alkyl halides is 2. The van der Waals surface area contributed by atoms with Gasteiger partial charge in [-0.15, -0.1) is 0 Å². The largest absolute Gasteiger partial charge is 0.481 e. The van der Waals surface area contributed by atoms with E-state index in [2.05, 4.69) is 0 Å². The first kappa shape index (κ1) is 25.1. The Bertz CT molecular complexity index is 1030. The monoisotopic (exact) mass is 474 g/mol. The van der Waals surface area contributed by atoms with Gasteiger partial charge >= 0.3 is 18.0 Å². The molecule has 0 heterocycles. The van der Waals surface area contributed by atoms with Gasteiger partial charge in [0.15, 0.2) is 0 Å². The van der Waals surface area contributed by atoms with Gasteiger partial charge in [-0.3, -0.25) is 9.59 Å². The molecule has 0 spiro atoms. The number of carbonyl (C=O) groups is 3. The maximum atomic E-state index is 14.3. The normalized spacial score (nSPS) is 14.6. The molecule has 2 aromatic rings. The number of hydrogen-bond acceptors (Lipinski definition) is 4. The fourth-order valence-electron chi connectivity index (χ4n) is 4.39. The number of ether oxygens (including phenoxy) is 1. The van der Waals surface area contributed by atoms with E-state index in [0.717, 1.165) is 22.3 Å². The van der Waals surface area contributed by atoms with Crippen LogP contribution in [0.2, 0.25) is 0 Å². The molecule has 2 atom stereocenters. The molecular formula is C25H28F2N2O5. The lowest BCUT2D eigenvalue weighted by molar-refractivity contribution is -0.149. The number of fused-ring (bicyclic) bond motifs is 3. The topological polar surface area (TPSA) is 105 Å². The SMILES string of the molecule is CC(C)C(C(=O)O)C(C)NC(=O)C(F)(F)CNC(=O)OCC1c2ccccc2-c2ccccc21. The summed E-state index contributed by atoms with van der Waals surface area (Å²) in [5.74, 6) is -8.43. The van der Waals surface area contributed by atoms with Gasteiger partial charge in [0.25, 0.3) is 5.91 Å². The van der Waals surface area contributed by atoms with Crippen LogP contribution in [0.25, 0.3) is 11.1 Å². The van der Waals surface area contributed by atoms with E-state index in [1.807, 2.05) is 59.2 Å². The third-order valence-electron chi connectivity index (χ3n) is 6.03.